The van der Waals surface area contributed by atoms with Gasteiger partial charge in [0.25, 0.3) is 0 Å². The maximum Gasteiger partial charge on any atom is 0.419 e. The molecule has 2 aromatic heterocycles. The van der Waals surface area contributed by atoms with Crippen LogP contribution in [0.2, 0.25) is 0 Å². The summed E-state index contributed by atoms with van der Waals surface area (Å²) in [5.41, 5.74) is 0.992. The predicted octanol–water partition coefficient (Wildman–Crippen LogP) is 3.99. The molecule has 0 radical (unpaired) electrons. The van der Waals surface area contributed by atoms with E-state index in [1.54, 1.807) is 37.5 Å². The van der Waals surface area contributed by atoms with Gasteiger partial charge in [-0.1, -0.05) is 6.07 Å². The summed E-state index contributed by atoms with van der Waals surface area (Å²) in [6.45, 7) is 1.81. The van der Waals surface area contributed by atoms with Gasteiger partial charge in [-0.15, -0.1) is 0 Å². The smallest absolute Gasteiger partial charge is 0.419 e. The number of rotatable bonds is 6. The summed E-state index contributed by atoms with van der Waals surface area (Å²) in [4.78, 5) is 7.07. The highest BCUT2D eigenvalue weighted by atomic mass is 19.4. The van der Waals surface area contributed by atoms with Gasteiger partial charge >= 0.3 is 6.18 Å². The Labute approximate surface area is 148 Å². The van der Waals surface area contributed by atoms with Crippen LogP contribution < -0.4 is 4.74 Å². The molecule has 0 fully saturated rings. The Morgan fingerprint density at radius 1 is 1.23 bits per heavy atom. The van der Waals surface area contributed by atoms with Crippen LogP contribution in [0, 0.1) is 0 Å². The quantitative estimate of drug-likeness (QED) is 0.720. The average molecular weight is 362 g/mol. The normalized spacial score (nSPS) is 12.8. The molecule has 136 valence electrons. The van der Waals surface area contributed by atoms with Crippen LogP contribution in [-0.2, 0) is 12.6 Å². The molecule has 0 spiro atoms. The summed E-state index contributed by atoms with van der Waals surface area (Å²) in [6, 6.07) is 7.64. The minimum Gasteiger partial charge on any atom is -0.493 e. The molecular weight excluding hydrogens is 345 g/mol. The van der Waals surface area contributed by atoms with Gasteiger partial charge in [-0.05, 0) is 36.8 Å². The summed E-state index contributed by atoms with van der Waals surface area (Å²) in [7, 11) is 0. The fourth-order valence-electron chi connectivity index (χ4n) is 2.77. The first-order valence-corrected chi connectivity index (χ1v) is 8.08. The highest BCUT2D eigenvalue weighted by molar-refractivity contribution is 5.42. The molecule has 0 saturated heterocycles. The molecule has 0 aliphatic heterocycles. The van der Waals surface area contributed by atoms with Gasteiger partial charge in [-0.25, -0.2) is 4.98 Å². The van der Waals surface area contributed by atoms with E-state index in [9.17, 15) is 13.2 Å². The topological polar surface area (TPSA) is 63.7 Å². The minimum atomic E-state index is -4.51. The number of aromatic amines is 1. The highest BCUT2D eigenvalue weighted by Gasteiger charge is 2.35. The van der Waals surface area contributed by atoms with Crippen LogP contribution in [-0.4, -0.2) is 26.8 Å². The number of imidazole rings is 1. The lowest BCUT2D eigenvalue weighted by atomic mass is 9.90. The molecule has 0 amide bonds. The van der Waals surface area contributed by atoms with Crippen molar-refractivity contribution in [1.29, 1.82) is 0 Å². The van der Waals surface area contributed by atoms with Crippen molar-refractivity contribution in [3.63, 3.8) is 0 Å². The van der Waals surface area contributed by atoms with Crippen LogP contribution in [0.5, 0.6) is 5.75 Å². The molecule has 8 heteroatoms. The lowest BCUT2D eigenvalue weighted by molar-refractivity contribution is -0.139. The fourth-order valence-corrected chi connectivity index (χ4v) is 2.77. The van der Waals surface area contributed by atoms with Gasteiger partial charge in [-0.2, -0.15) is 23.4 Å². The molecule has 0 aliphatic carbocycles. The standard InChI is InChI=1S/C18H17F3N4O/c1-2-26-17-6-5-12(8-15(17)18(19,20)21)14(16-10-22-11-23-16)9-13-4-3-7-24-25-13/h3-8,10-11,14H,2,9H2,1H3,(H,22,23). The lowest BCUT2D eigenvalue weighted by Crippen LogP contribution is -2.12. The first-order chi connectivity index (χ1) is 12.5. The number of nitrogens with one attached hydrogen (secondary N) is 1. The van der Waals surface area contributed by atoms with Gasteiger partial charge in [0.2, 0.25) is 0 Å². The van der Waals surface area contributed by atoms with Gasteiger partial charge in [0.1, 0.15) is 5.75 Å². The zero-order chi connectivity index (χ0) is 18.6. The number of alkyl halides is 3. The largest absolute Gasteiger partial charge is 0.493 e. The monoisotopic (exact) mass is 362 g/mol. The van der Waals surface area contributed by atoms with Crippen molar-refractivity contribution in [3.8, 4) is 5.75 Å². The minimum absolute atomic E-state index is 0.158. The third-order valence-electron chi connectivity index (χ3n) is 3.93. The molecule has 3 rings (SSSR count). The molecule has 1 unspecified atom stereocenters. The molecule has 3 aromatic rings. The number of ether oxygens (including phenoxy) is 1. The van der Waals surface area contributed by atoms with E-state index in [0.29, 0.717) is 23.4 Å². The highest BCUT2D eigenvalue weighted by Crippen LogP contribution is 2.39. The molecule has 2 heterocycles. The Morgan fingerprint density at radius 2 is 2.08 bits per heavy atom. The van der Waals surface area contributed by atoms with Crippen LogP contribution in [0.3, 0.4) is 0 Å². The Hall–Kier alpha value is -2.90. The molecule has 0 aliphatic rings. The molecule has 0 bridgehead atoms. The maximum atomic E-state index is 13.5. The van der Waals surface area contributed by atoms with Crippen LogP contribution in [0.4, 0.5) is 13.2 Å². The Balaban J connectivity index is 2.04. The van der Waals surface area contributed by atoms with Gasteiger partial charge < -0.3 is 9.72 Å². The van der Waals surface area contributed by atoms with Gasteiger partial charge in [0.15, 0.2) is 0 Å². The lowest BCUT2D eigenvalue weighted by Gasteiger charge is -2.19. The summed E-state index contributed by atoms with van der Waals surface area (Å²) in [5.74, 6) is -0.571. The van der Waals surface area contributed by atoms with Gasteiger partial charge in [0.05, 0.1) is 29.9 Å². The number of nitrogens with zero attached hydrogens (tertiary/aromatic N) is 3. The Morgan fingerprint density at radius 3 is 2.69 bits per heavy atom. The van der Waals surface area contributed by atoms with Crippen LogP contribution in [0.15, 0.2) is 49.1 Å². The zero-order valence-electron chi connectivity index (χ0n) is 14.0. The third-order valence-corrected chi connectivity index (χ3v) is 3.93. The third kappa shape index (κ3) is 4.01. The van der Waals surface area contributed by atoms with Crippen LogP contribution in [0.1, 0.15) is 35.4 Å². The number of hydrogen-bond donors (Lipinski definition) is 1. The average Bonchev–Trinajstić information content (AvgIpc) is 3.15. The van der Waals surface area contributed by atoms with Crippen molar-refractivity contribution < 1.29 is 17.9 Å². The molecule has 5 nitrogen and oxygen atoms in total. The van der Waals surface area contributed by atoms with Crippen molar-refractivity contribution >= 4 is 0 Å². The van der Waals surface area contributed by atoms with E-state index in [-0.39, 0.29) is 12.4 Å². The van der Waals surface area contributed by atoms with Crippen molar-refractivity contribution in [2.45, 2.75) is 25.4 Å². The first-order valence-electron chi connectivity index (χ1n) is 8.08. The molecule has 1 aromatic carbocycles. The van der Waals surface area contributed by atoms with Crippen molar-refractivity contribution in [1.82, 2.24) is 20.2 Å². The molecule has 1 N–H and O–H groups in total. The first kappa shape index (κ1) is 17.9. The van der Waals surface area contributed by atoms with E-state index in [4.69, 9.17) is 4.74 Å². The van der Waals surface area contributed by atoms with E-state index in [2.05, 4.69) is 20.2 Å². The summed E-state index contributed by atoms with van der Waals surface area (Å²) in [5, 5.41) is 7.87. The summed E-state index contributed by atoms with van der Waals surface area (Å²) < 4.78 is 45.5. The van der Waals surface area contributed by atoms with Crippen LogP contribution in [0.25, 0.3) is 0 Å². The van der Waals surface area contributed by atoms with E-state index in [1.165, 1.54) is 12.4 Å². The number of benzene rings is 1. The Bertz CT molecular complexity index is 835. The SMILES string of the molecule is CCOc1ccc(C(Cc2cccnn2)c2c[nH]cn2)cc1C(F)(F)F. The second-order valence-electron chi connectivity index (χ2n) is 5.65. The Kier molecular flexibility index (Phi) is 5.20. The molecule has 0 saturated carbocycles. The second kappa shape index (κ2) is 7.55. The number of halogens is 3. The molecule has 26 heavy (non-hydrogen) atoms. The summed E-state index contributed by atoms with van der Waals surface area (Å²) >= 11 is 0. The van der Waals surface area contributed by atoms with Crippen LogP contribution >= 0.6 is 0 Å². The number of aromatic nitrogens is 4. The van der Waals surface area contributed by atoms with E-state index in [0.717, 1.165) is 6.07 Å². The van der Waals surface area contributed by atoms with Crippen molar-refractivity contribution in [2.24, 2.45) is 0 Å². The maximum absolute atomic E-state index is 13.5. The predicted molar refractivity (Wildman–Crippen MR) is 88.8 cm³/mol. The zero-order valence-corrected chi connectivity index (χ0v) is 14.0. The summed E-state index contributed by atoms with van der Waals surface area (Å²) in [6.07, 6.45) is 0.585. The van der Waals surface area contributed by atoms with E-state index >= 15 is 0 Å². The number of H-pyrrole nitrogens is 1. The van der Waals surface area contributed by atoms with E-state index < -0.39 is 17.7 Å². The van der Waals surface area contributed by atoms with Crippen molar-refractivity contribution in [3.05, 3.63) is 71.6 Å². The number of hydrogen-bond acceptors (Lipinski definition) is 4. The second-order valence-corrected chi connectivity index (χ2v) is 5.65. The molecule has 1 atom stereocenters. The van der Waals surface area contributed by atoms with E-state index in [1.807, 2.05) is 0 Å². The fraction of sp³-hybridized carbons (Fsp3) is 0.278. The van der Waals surface area contributed by atoms with Gasteiger partial charge in [-0.3, -0.25) is 0 Å². The van der Waals surface area contributed by atoms with Crippen molar-refractivity contribution in [2.75, 3.05) is 6.61 Å². The molecular formula is C18H17F3N4O. The van der Waals surface area contributed by atoms with Gasteiger partial charge in [0, 0.05) is 24.7 Å².